The number of allylic oxidation sites excluding steroid dienone is 2. The van der Waals surface area contributed by atoms with Gasteiger partial charge in [-0.3, -0.25) is 0 Å². The molecule has 0 saturated heterocycles. The summed E-state index contributed by atoms with van der Waals surface area (Å²) in [4.78, 5) is 1.66. The molecule has 2 aliphatic rings. The Hall–Kier alpha value is -3.19. The lowest BCUT2D eigenvalue weighted by Crippen LogP contribution is -2.27. The summed E-state index contributed by atoms with van der Waals surface area (Å²) in [6.07, 6.45) is 6.85. The second kappa shape index (κ2) is 6.85. The normalized spacial score (nSPS) is 17.1. The van der Waals surface area contributed by atoms with Gasteiger partial charge in [-0.2, -0.15) is 8.42 Å². The lowest BCUT2D eigenvalue weighted by Gasteiger charge is -2.25. The molecule has 136 valence electrons. The number of fused-ring (bicyclic) bond motifs is 1. The standard InChI is InChI=1S/C20H15FN2O3S/c21-17-4-1-3-15(13-17)14-26-18-8-6-16(7-9-18)19-5-2-10-23-11-12-27(24,25)22-20(19)23/h1-13H,14H2. The van der Waals surface area contributed by atoms with E-state index in [4.69, 9.17) is 4.74 Å². The first kappa shape index (κ1) is 17.2. The summed E-state index contributed by atoms with van der Waals surface area (Å²) >= 11 is 0. The predicted octanol–water partition coefficient (Wildman–Crippen LogP) is 3.83. The molecule has 0 radical (unpaired) electrons. The highest BCUT2D eigenvalue weighted by Gasteiger charge is 2.23. The van der Waals surface area contributed by atoms with E-state index < -0.39 is 10.0 Å². The van der Waals surface area contributed by atoms with Crippen molar-refractivity contribution in [2.45, 2.75) is 6.61 Å². The highest BCUT2D eigenvalue weighted by molar-refractivity contribution is 7.93. The molecule has 0 fully saturated rings. The summed E-state index contributed by atoms with van der Waals surface area (Å²) in [7, 11) is -3.61. The predicted molar refractivity (Wildman–Crippen MR) is 102 cm³/mol. The molecule has 5 nitrogen and oxygen atoms in total. The number of benzene rings is 2. The van der Waals surface area contributed by atoms with E-state index in [1.165, 1.54) is 18.3 Å². The molecule has 4 rings (SSSR count). The molecule has 0 unspecified atom stereocenters. The highest BCUT2D eigenvalue weighted by atomic mass is 32.2. The molecule has 0 aliphatic carbocycles. The first-order valence-corrected chi connectivity index (χ1v) is 9.69. The van der Waals surface area contributed by atoms with Crippen LogP contribution in [-0.2, 0) is 16.6 Å². The Balaban J connectivity index is 1.53. The molecule has 0 bridgehead atoms. The molecule has 0 N–H and O–H groups in total. The maximum atomic E-state index is 13.2. The fourth-order valence-electron chi connectivity index (χ4n) is 2.78. The topological polar surface area (TPSA) is 59.0 Å². The maximum absolute atomic E-state index is 13.2. The molecule has 2 heterocycles. The molecular weight excluding hydrogens is 367 g/mol. The van der Waals surface area contributed by atoms with Crippen LogP contribution in [0.15, 0.2) is 82.9 Å². The molecule has 7 heteroatoms. The first-order chi connectivity index (χ1) is 13.0. The fourth-order valence-corrected chi connectivity index (χ4v) is 3.56. The first-order valence-electron chi connectivity index (χ1n) is 8.18. The molecular formula is C20H15FN2O3S. The van der Waals surface area contributed by atoms with Gasteiger partial charge in [-0.25, -0.2) is 4.39 Å². The molecule has 27 heavy (non-hydrogen) atoms. The van der Waals surface area contributed by atoms with Crippen LogP contribution in [0.4, 0.5) is 4.39 Å². The molecule has 0 amide bonds. The molecule has 0 aromatic heterocycles. The molecule has 0 saturated carbocycles. The third kappa shape index (κ3) is 3.83. The van der Waals surface area contributed by atoms with Gasteiger partial charge >= 0.3 is 0 Å². The largest absolute Gasteiger partial charge is 0.489 e. The minimum absolute atomic E-state index is 0.256. The van der Waals surface area contributed by atoms with Crippen LogP contribution >= 0.6 is 0 Å². The van der Waals surface area contributed by atoms with Gasteiger partial charge in [-0.05, 0) is 47.5 Å². The Bertz CT molecular complexity index is 1100. The number of hydrogen-bond acceptors (Lipinski definition) is 4. The Morgan fingerprint density at radius 2 is 1.89 bits per heavy atom. The summed E-state index contributed by atoms with van der Waals surface area (Å²) in [6.45, 7) is 0.256. The lowest BCUT2D eigenvalue weighted by molar-refractivity contribution is 0.305. The Labute approximate surface area is 156 Å². The van der Waals surface area contributed by atoms with Gasteiger partial charge in [0.15, 0.2) is 5.84 Å². The maximum Gasteiger partial charge on any atom is 0.278 e. The zero-order chi connectivity index (χ0) is 18.9. The number of rotatable bonds is 4. The Morgan fingerprint density at radius 3 is 2.67 bits per heavy atom. The molecule has 2 aliphatic heterocycles. The zero-order valence-corrected chi connectivity index (χ0v) is 14.9. The van der Waals surface area contributed by atoms with Crippen LogP contribution in [-0.4, -0.2) is 19.2 Å². The van der Waals surface area contributed by atoms with E-state index >= 15 is 0 Å². The molecule has 2 aromatic carbocycles. The molecule has 0 spiro atoms. The fraction of sp³-hybridized carbons (Fsp3) is 0.0500. The van der Waals surface area contributed by atoms with Crippen molar-refractivity contribution in [1.82, 2.24) is 4.90 Å². The van der Waals surface area contributed by atoms with Crippen molar-refractivity contribution in [1.29, 1.82) is 0 Å². The van der Waals surface area contributed by atoms with Crippen LogP contribution in [0.5, 0.6) is 5.75 Å². The Morgan fingerprint density at radius 1 is 1.07 bits per heavy atom. The second-order valence-electron chi connectivity index (χ2n) is 5.99. The van der Waals surface area contributed by atoms with E-state index in [1.807, 2.05) is 24.3 Å². The number of nitrogens with zero attached hydrogens (tertiary/aromatic N) is 2. The highest BCUT2D eigenvalue weighted by Crippen LogP contribution is 2.27. The summed E-state index contributed by atoms with van der Waals surface area (Å²) in [5, 5.41) is 1.06. The third-order valence-electron chi connectivity index (χ3n) is 4.06. The summed E-state index contributed by atoms with van der Waals surface area (Å²) in [5.74, 6) is 0.684. The van der Waals surface area contributed by atoms with E-state index in [2.05, 4.69) is 4.40 Å². The zero-order valence-electron chi connectivity index (χ0n) is 14.1. The van der Waals surface area contributed by atoms with E-state index in [1.54, 1.807) is 35.4 Å². The Kier molecular flexibility index (Phi) is 4.37. The van der Waals surface area contributed by atoms with Gasteiger partial charge in [0, 0.05) is 18.0 Å². The van der Waals surface area contributed by atoms with E-state index in [0.717, 1.165) is 16.5 Å². The van der Waals surface area contributed by atoms with Crippen LogP contribution in [0.3, 0.4) is 0 Å². The number of sulfonamides is 1. The van der Waals surface area contributed by atoms with E-state index in [0.29, 0.717) is 17.2 Å². The van der Waals surface area contributed by atoms with E-state index in [9.17, 15) is 12.8 Å². The molecule has 0 atom stereocenters. The van der Waals surface area contributed by atoms with Crippen LogP contribution < -0.4 is 4.74 Å². The van der Waals surface area contributed by atoms with Gasteiger partial charge in [0.1, 0.15) is 18.2 Å². The van der Waals surface area contributed by atoms with E-state index in [-0.39, 0.29) is 12.4 Å². The monoisotopic (exact) mass is 382 g/mol. The number of ether oxygens (including phenoxy) is 1. The van der Waals surface area contributed by atoms with Crippen LogP contribution in [0.2, 0.25) is 0 Å². The van der Waals surface area contributed by atoms with Crippen molar-refractivity contribution < 1.29 is 17.5 Å². The quantitative estimate of drug-likeness (QED) is 0.806. The van der Waals surface area contributed by atoms with Crippen LogP contribution in [0.25, 0.3) is 5.57 Å². The smallest absolute Gasteiger partial charge is 0.278 e. The lowest BCUT2D eigenvalue weighted by atomic mass is 10.0. The van der Waals surface area contributed by atoms with Crippen molar-refractivity contribution >= 4 is 21.4 Å². The third-order valence-corrected chi connectivity index (χ3v) is 4.96. The van der Waals surface area contributed by atoms with Gasteiger partial charge < -0.3 is 9.64 Å². The van der Waals surface area contributed by atoms with Crippen molar-refractivity contribution in [3.63, 3.8) is 0 Å². The van der Waals surface area contributed by atoms with Crippen molar-refractivity contribution in [2.24, 2.45) is 4.40 Å². The van der Waals surface area contributed by atoms with Gasteiger partial charge in [-0.15, -0.1) is 4.40 Å². The van der Waals surface area contributed by atoms with Gasteiger partial charge in [0.05, 0.1) is 5.41 Å². The molecule has 2 aromatic rings. The SMILES string of the molecule is O=S1(=O)C=CN2C=CC=C(c3ccc(OCc4cccc(F)c4)cc3)C2=N1. The average Bonchev–Trinajstić information content (AvgIpc) is 2.66. The van der Waals surface area contributed by atoms with Crippen molar-refractivity contribution in [3.8, 4) is 5.75 Å². The second-order valence-corrected chi connectivity index (χ2v) is 7.47. The van der Waals surface area contributed by atoms with Gasteiger partial charge in [-0.1, -0.05) is 24.3 Å². The average molecular weight is 382 g/mol. The number of halogens is 1. The number of hydrogen-bond donors (Lipinski definition) is 0. The summed E-state index contributed by atoms with van der Waals surface area (Å²) < 4.78 is 46.3. The van der Waals surface area contributed by atoms with Crippen molar-refractivity contribution in [2.75, 3.05) is 0 Å². The van der Waals surface area contributed by atoms with Gasteiger partial charge in [0.2, 0.25) is 0 Å². The van der Waals surface area contributed by atoms with Crippen LogP contribution in [0, 0.1) is 5.82 Å². The summed E-state index contributed by atoms with van der Waals surface area (Å²) in [6, 6.07) is 13.5. The van der Waals surface area contributed by atoms with Crippen LogP contribution in [0.1, 0.15) is 11.1 Å². The van der Waals surface area contributed by atoms with Crippen molar-refractivity contribution in [3.05, 3.63) is 95.4 Å². The minimum atomic E-state index is -3.61. The van der Waals surface area contributed by atoms with Gasteiger partial charge in [0.25, 0.3) is 10.0 Å². The number of amidine groups is 1. The summed E-state index contributed by atoms with van der Waals surface area (Å²) in [5.41, 5.74) is 2.25. The minimum Gasteiger partial charge on any atom is -0.489 e.